The highest BCUT2D eigenvalue weighted by Crippen LogP contribution is 2.37. The van der Waals surface area contributed by atoms with Gasteiger partial charge in [0.2, 0.25) is 0 Å². The zero-order valence-corrected chi connectivity index (χ0v) is 13.6. The summed E-state index contributed by atoms with van der Waals surface area (Å²) in [5.74, 6) is 0.938. The van der Waals surface area contributed by atoms with Crippen LogP contribution in [0.4, 0.5) is 10.5 Å². The van der Waals surface area contributed by atoms with E-state index in [1.807, 2.05) is 47.5 Å². The monoisotopic (exact) mass is 363 g/mol. The minimum Gasteiger partial charge on any atom is -0.308 e. The summed E-state index contributed by atoms with van der Waals surface area (Å²) >= 11 is 5.15. The van der Waals surface area contributed by atoms with Gasteiger partial charge in [0, 0.05) is 40.4 Å². The second kappa shape index (κ2) is 6.49. The first-order chi connectivity index (χ1) is 10.2. The number of rotatable bonds is 2. The molecule has 1 saturated heterocycles. The van der Waals surface area contributed by atoms with Crippen molar-refractivity contribution in [2.24, 2.45) is 0 Å². The zero-order chi connectivity index (χ0) is 14.7. The number of nitrogens with one attached hydrogen (secondary N) is 1. The summed E-state index contributed by atoms with van der Waals surface area (Å²) in [5, 5.41) is 2.98. The Labute approximate surface area is 136 Å². The molecule has 1 atom stereocenters. The van der Waals surface area contributed by atoms with E-state index in [-0.39, 0.29) is 11.4 Å². The van der Waals surface area contributed by atoms with Crippen LogP contribution in [0.2, 0.25) is 0 Å². The molecule has 1 aliphatic heterocycles. The number of anilines is 1. The van der Waals surface area contributed by atoms with Crippen LogP contribution in [0.3, 0.4) is 0 Å². The quantitative estimate of drug-likeness (QED) is 0.872. The molecule has 21 heavy (non-hydrogen) atoms. The number of benzene rings is 1. The van der Waals surface area contributed by atoms with Crippen molar-refractivity contribution in [3.05, 3.63) is 58.8 Å². The number of carbonyl (C=O) groups excluding carboxylic acids is 1. The average Bonchev–Trinajstić information content (AvgIpc) is 3.00. The predicted molar refractivity (Wildman–Crippen MR) is 89.3 cm³/mol. The third-order valence-electron chi connectivity index (χ3n) is 3.22. The van der Waals surface area contributed by atoms with E-state index in [0.717, 1.165) is 28.0 Å². The average molecular weight is 364 g/mol. The standard InChI is InChI=1S/C15H14BrN3OS/c16-12-3-5-13(6-4-12)18-15(20)19-8-9-21-14(19)11-2-1-7-17-10-11/h1-7,10,14H,8-9H2,(H,18,20). The van der Waals surface area contributed by atoms with Crippen molar-refractivity contribution >= 4 is 39.4 Å². The van der Waals surface area contributed by atoms with Gasteiger partial charge in [0.1, 0.15) is 5.37 Å². The van der Waals surface area contributed by atoms with E-state index in [9.17, 15) is 4.79 Å². The molecular formula is C15H14BrN3OS. The minimum atomic E-state index is -0.0730. The van der Waals surface area contributed by atoms with Crippen LogP contribution in [0, 0.1) is 0 Å². The first-order valence-corrected chi connectivity index (χ1v) is 8.43. The van der Waals surface area contributed by atoms with Crippen molar-refractivity contribution in [2.75, 3.05) is 17.6 Å². The Kier molecular flexibility index (Phi) is 4.45. The highest BCUT2D eigenvalue weighted by Gasteiger charge is 2.30. The van der Waals surface area contributed by atoms with E-state index in [2.05, 4.69) is 26.2 Å². The lowest BCUT2D eigenvalue weighted by Crippen LogP contribution is -2.34. The number of hydrogen-bond donors (Lipinski definition) is 1. The number of hydrogen-bond acceptors (Lipinski definition) is 3. The van der Waals surface area contributed by atoms with Crippen LogP contribution in [0.25, 0.3) is 0 Å². The Bertz CT molecular complexity index is 621. The van der Waals surface area contributed by atoms with Crippen molar-refractivity contribution in [2.45, 2.75) is 5.37 Å². The summed E-state index contributed by atoms with van der Waals surface area (Å²) < 4.78 is 0.991. The van der Waals surface area contributed by atoms with Crippen molar-refractivity contribution in [1.29, 1.82) is 0 Å². The fraction of sp³-hybridized carbons (Fsp3) is 0.200. The third-order valence-corrected chi connectivity index (χ3v) is 5.01. The first-order valence-electron chi connectivity index (χ1n) is 6.59. The topological polar surface area (TPSA) is 45.2 Å². The lowest BCUT2D eigenvalue weighted by atomic mass is 10.2. The summed E-state index contributed by atoms with van der Waals surface area (Å²) in [6.45, 7) is 0.743. The number of amides is 2. The van der Waals surface area contributed by atoms with Crippen molar-refractivity contribution in [3.8, 4) is 0 Å². The predicted octanol–water partition coefficient (Wildman–Crippen LogP) is 4.12. The Balaban J connectivity index is 1.73. The van der Waals surface area contributed by atoms with Crippen molar-refractivity contribution in [3.63, 3.8) is 0 Å². The molecule has 1 aromatic carbocycles. The molecule has 0 radical (unpaired) electrons. The Morgan fingerprint density at radius 3 is 2.86 bits per heavy atom. The molecule has 0 bridgehead atoms. The van der Waals surface area contributed by atoms with E-state index in [1.54, 1.807) is 18.0 Å². The number of thioether (sulfide) groups is 1. The van der Waals surface area contributed by atoms with E-state index in [1.165, 1.54) is 0 Å². The molecule has 0 aliphatic carbocycles. The normalized spacial score (nSPS) is 17.8. The smallest absolute Gasteiger partial charge is 0.308 e. The zero-order valence-electron chi connectivity index (χ0n) is 11.2. The van der Waals surface area contributed by atoms with Crippen LogP contribution in [-0.2, 0) is 0 Å². The van der Waals surface area contributed by atoms with Gasteiger partial charge in [0.05, 0.1) is 0 Å². The molecule has 1 aromatic heterocycles. The minimum absolute atomic E-state index is 0.0362. The molecule has 0 saturated carbocycles. The van der Waals surface area contributed by atoms with Crippen LogP contribution < -0.4 is 5.32 Å². The van der Waals surface area contributed by atoms with E-state index < -0.39 is 0 Å². The Morgan fingerprint density at radius 2 is 2.14 bits per heavy atom. The SMILES string of the molecule is O=C(Nc1ccc(Br)cc1)N1CCSC1c1cccnc1. The van der Waals surface area contributed by atoms with Crippen LogP contribution in [0.1, 0.15) is 10.9 Å². The molecule has 1 aliphatic rings. The summed E-state index contributed by atoms with van der Waals surface area (Å²) in [6.07, 6.45) is 3.57. The van der Waals surface area contributed by atoms with Gasteiger partial charge in [-0.05, 0) is 30.3 Å². The maximum Gasteiger partial charge on any atom is 0.323 e. The highest BCUT2D eigenvalue weighted by atomic mass is 79.9. The second-order valence-electron chi connectivity index (χ2n) is 4.64. The maximum absolute atomic E-state index is 12.5. The van der Waals surface area contributed by atoms with Crippen LogP contribution in [0.15, 0.2) is 53.3 Å². The van der Waals surface area contributed by atoms with Crippen LogP contribution in [0.5, 0.6) is 0 Å². The van der Waals surface area contributed by atoms with E-state index in [4.69, 9.17) is 0 Å². The van der Waals surface area contributed by atoms with Gasteiger partial charge in [-0.25, -0.2) is 4.79 Å². The van der Waals surface area contributed by atoms with Gasteiger partial charge in [-0.3, -0.25) is 4.98 Å². The fourth-order valence-electron chi connectivity index (χ4n) is 2.20. The van der Waals surface area contributed by atoms with Crippen LogP contribution >= 0.6 is 27.7 Å². The molecular weight excluding hydrogens is 350 g/mol. The van der Waals surface area contributed by atoms with Gasteiger partial charge >= 0.3 is 6.03 Å². The molecule has 1 fully saturated rings. The molecule has 2 heterocycles. The van der Waals surface area contributed by atoms with Crippen LogP contribution in [-0.4, -0.2) is 28.2 Å². The number of halogens is 1. The summed E-state index contributed by atoms with van der Waals surface area (Å²) in [5.41, 5.74) is 1.86. The van der Waals surface area contributed by atoms with Crippen molar-refractivity contribution in [1.82, 2.24) is 9.88 Å². The second-order valence-corrected chi connectivity index (χ2v) is 6.74. The number of pyridine rings is 1. The van der Waals surface area contributed by atoms with Gasteiger partial charge in [-0.2, -0.15) is 0 Å². The Morgan fingerprint density at radius 1 is 1.33 bits per heavy atom. The molecule has 3 rings (SSSR count). The highest BCUT2D eigenvalue weighted by molar-refractivity contribution is 9.10. The molecule has 108 valence electrons. The van der Waals surface area contributed by atoms with E-state index in [0.29, 0.717) is 0 Å². The third kappa shape index (κ3) is 3.39. The summed E-state index contributed by atoms with van der Waals surface area (Å²) in [7, 11) is 0. The molecule has 4 nitrogen and oxygen atoms in total. The van der Waals surface area contributed by atoms with Gasteiger partial charge < -0.3 is 10.2 Å². The summed E-state index contributed by atoms with van der Waals surface area (Å²) in [4.78, 5) is 18.4. The molecule has 1 N–H and O–H groups in total. The van der Waals surface area contributed by atoms with Gasteiger partial charge in [0.15, 0.2) is 0 Å². The van der Waals surface area contributed by atoms with Gasteiger partial charge in [0.25, 0.3) is 0 Å². The lowest BCUT2D eigenvalue weighted by molar-refractivity contribution is 0.214. The number of nitrogens with zero attached hydrogens (tertiary/aromatic N) is 2. The molecule has 0 spiro atoms. The van der Waals surface area contributed by atoms with Gasteiger partial charge in [-0.1, -0.05) is 22.0 Å². The molecule has 1 unspecified atom stereocenters. The number of urea groups is 1. The maximum atomic E-state index is 12.5. The fourth-order valence-corrected chi connectivity index (χ4v) is 3.71. The molecule has 6 heteroatoms. The lowest BCUT2D eigenvalue weighted by Gasteiger charge is -2.24. The van der Waals surface area contributed by atoms with E-state index >= 15 is 0 Å². The van der Waals surface area contributed by atoms with Crippen molar-refractivity contribution < 1.29 is 4.79 Å². The number of aromatic nitrogens is 1. The number of carbonyl (C=O) groups is 1. The Hall–Kier alpha value is -1.53. The van der Waals surface area contributed by atoms with Gasteiger partial charge in [-0.15, -0.1) is 11.8 Å². The summed E-state index contributed by atoms with van der Waals surface area (Å²) in [6, 6.07) is 11.4. The first kappa shape index (κ1) is 14.4. The molecule has 2 amide bonds. The largest absolute Gasteiger partial charge is 0.323 e. The molecule has 2 aromatic rings.